The maximum Gasteiger partial charge on any atom is 0.223 e. The molecule has 0 unspecified atom stereocenters. The fraction of sp³-hybridized carbons (Fsp3) is 0.458. The highest BCUT2D eigenvalue weighted by Crippen LogP contribution is 2.35. The quantitative estimate of drug-likeness (QED) is 0.410. The molecule has 3 aromatic rings. The summed E-state index contributed by atoms with van der Waals surface area (Å²) in [5.41, 5.74) is 8.34. The van der Waals surface area contributed by atoms with Crippen molar-refractivity contribution in [1.82, 2.24) is 24.8 Å². The molecule has 10 heteroatoms. The smallest absolute Gasteiger partial charge is 0.223 e. The van der Waals surface area contributed by atoms with Crippen molar-refractivity contribution in [3.8, 4) is 22.6 Å². The lowest BCUT2D eigenvalue weighted by Crippen LogP contribution is -2.42. The van der Waals surface area contributed by atoms with E-state index >= 15 is 0 Å². The molecule has 9 nitrogen and oxygen atoms in total. The number of H-pyrrole nitrogens is 1. The lowest BCUT2D eigenvalue weighted by Gasteiger charge is -2.35. The van der Waals surface area contributed by atoms with E-state index in [1.54, 1.807) is 18.3 Å². The number of benzene rings is 1. The van der Waals surface area contributed by atoms with Crippen LogP contribution in [0.15, 0.2) is 36.5 Å². The second kappa shape index (κ2) is 10.6. The van der Waals surface area contributed by atoms with E-state index in [-0.39, 0.29) is 11.2 Å². The van der Waals surface area contributed by atoms with Crippen molar-refractivity contribution in [2.24, 2.45) is 11.1 Å². The molecule has 0 bridgehead atoms. The predicted octanol–water partition coefficient (Wildman–Crippen LogP) is 3.05. The highest BCUT2D eigenvalue weighted by atomic mass is 19.1. The molecule has 182 valence electrons. The zero-order valence-corrected chi connectivity index (χ0v) is 19.8. The maximum atomic E-state index is 13.6. The molecule has 3 heterocycles. The number of halogens is 1. The third-order valence-corrected chi connectivity index (χ3v) is 5.70. The first-order valence-electron chi connectivity index (χ1n) is 11.4. The van der Waals surface area contributed by atoms with Crippen molar-refractivity contribution in [2.75, 3.05) is 52.3 Å². The van der Waals surface area contributed by atoms with Gasteiger partial charge in [-0.3, -0.25) is 0 Å². The Kier molecular flexibility index (Phi) is 7.52. The van der Waals surface area contributed by atoms with Crippen LogP contribution in [-0.2, 0) is 9.47 Å². The highest BCUT2D eigenvalue weighted by molar-refractivity contribution is 5.77. The second-order valence-electron chi connectivity index (χ2n) is 9.17. The van der Waals surface area contributed by atoms with Gasteiger partial charge in [-0.25, -0.2) is 19.3 Å². The van der Waals surface area contributed by atoms with E-state index in [1.807, 2.05) is 27.1 Å². The van der Waals surface area contributed by atoms with Gasteiger partial charge in [-0.1, -0.05) is 6.92 Å². The number of nitrogens with zero attached hydrogens (tertiary/aromatic N) is 4. The number of rotatable bonds is 9. The lowest BCUT2D eigenvalue weighted by molar-refractivity contribution is -0.231. The van der Waals surface area contributed by atoms with Crippen molar-refractivity contribution in [1.29, 1.82) is 0 Å². The van der Waals surface area contributed by atoms with Gasteiger partial charge in [0, 0.05) is 30.3 Å². The summed E-state index contributed by atoms with van der Waals surface area (Å²) in [4.78, 5) is 19.2. The number of aromatic amines is 1. The minimum atomic E-state index is -0.655. The molecular formula is C24H32FN7O2. The Hall–Kier alpha value is -2.92. The summed E-state index contributed by atoms with van der Waals surface area (Å²) in [6.07, 6.45) is 2.01. The van der Waals surface area contributed by atoms with Gasteiger partial charge in [-0.2, -0.15) is 0 Å². The van der Waals surface area contributed by atoms with E-state index in [2.05, 4.69) is 25.2 Å². The first kappa shape index (κ1) is 24.2. The van der Waals surface area contributed by atoms with E-state index in [9.17, 15) is 4.39 Å². The van der Waals surface area contributed by atoms with Crippen molar-refractivity contribution in [3.05, 3.63) is 48.2 Å². The Morgan fingerprint density at radius 1 is 1.18 bits per heavy atom. The molecule has 1 aliphatic rings. The van der Waals surface area contributed by atoms with E-state index in [0.29, 0.717) is 48.6 Å². The number of nitrogens with two attached hydrogens (primary N) is 1. The van der Waals surface area contributed by atoms with E-state index in [1.165, 1.54) is 12.1 Å². The van der Waals surface area contributed by atoms with Gasteiger partial charge in [0.05, 0.1) is 30.3 Å². The Balaban J connectivity index is 1.62. The van der Waals surface area contributed by atoms with Crippen LogP contribution < -0.4 is 11.1 Å². The van der Waals surface area contributed by atoms with Gasteiger partial charge < -0.3 is 30.4 Å². The van der Waals surface area contributed by atoms with Gasteiger partial charge >= 0.3 is 0 Å². The van der Waals surface area contributed by atoms with Gasteiger partial charge in [-0.05, 0) is 57.4 Å². The number of ether oxygens (including phenoxy) is 2. The normalized spacial score (nSPS) is 20.6. The summed E-state index contributed by atoms with van der Waals surface area (Å²) >= 11 is 0. The van der Waals surface area contributed by atoms with Crippen LogP contribution in [0.2, 0.25) is 0 Å². The van der Waals surface area contributed by atoms with Gasteiger partial charge in [0.1, 0.15) is 5.82 Å². The molecule has 0 atom stereocenters. The van der Waals surface area contributed by atoms with E-state index < -0.39 is 6.29 Å². The van der Waals surface area contributed by atoms with Crippen molar-refractivity contribution < 1.29 is 13.9 Å². The zero-order chi connectivity index (χ0) is 24.1. The Labute approximate surface area is 198 Å². The minimum Gasteiger partial charge on any atom is -0.354 e. The fourth-order valence-corrected chi connectivity index (χ4v) is 3.60. The standard InChI is InChI=1S/C24H32FN7O2/c1-24(13-26)14-33-22(34-15-24)21-30-19(16-5-7-17(25)8-6-16)20(31-21)18-9-11-28-23(29-18)27-10-4-12-32(2)3/h5-9,11,22H,4,10,12-15,26H2,1-3H3,(H,30,31)(H,27,28,29). The molecule has 4 rings (SSSR count). The number of nitrogens with one attached hydrogen (secondary N) is 2. The maximum absolute atomic E-state index is 13.6. The summed E-state index contributed by atoms with van der Waals surface area (Å²) in [5.74, 6) is 0.737. The van der Waals surface area contributed by atoms with Crippen LogP contribution in [0.1, 0.15) is 25.5 Å². The molecule has 0 saturated carbocycles. The van der Waals surface area contributed by atoms with Crippen LogP contribution in [0.3, 0.4) is 0 Å². The molecule has 4 N–H and O–H groups in total. The molecule has 1 fully saturated rings. The second-order valence-corrected chi connectivity index (χ2v) is 9.17. The van der Waals surface area contributed by atoms with Crippen LogP contribution in [-0.4, -0.2) is 71.8 Å². The highest BCUT2D eigenvalue weighted by Gasteiger charge is 2.34. The van der Waals surface area contributed by atoms with Crippen LogP contribution in [0, 0.1) is 11.2 Å². The third-order valence-electron chi connectivity index (χ3n) is 5.70. The Bertz CT molecular complexity index is 1080. The van der Waals surface area contributed by atoms with E-state index in [0.717, 1.165) is 25.1 Å². The molecule has 1 aliphatic heterocycles. The van der Waals surface area contributed by atoms with Gasteiger partial charge in [0.25, 0.3) is 0 Å². The average Bonchev–Trinajstić information content (AvgIpc) is 3.28. The lowest BCUT2D eigenvalue weighted by atomic mass is 9.93. The molecule has 34 heavy (non-hydrogen) atoms. The molecular weight excluding hydrogens is 437 g/mol. The largest absolute Gasteiger partial charge is 0.354 e. The minimum absolute atomic E-state index is 0.231. The Morgan fingerprint density at radius 2 is 1.91 bits per heavy atom. The van der Waals surface area contributed by atoms with Gasteiger partial charge in [-0.15, -0.1) is 0 Å². The number of hydrogen-bond acceptors (Lipinski definition) is 8. The van der Waals surface area contributed by atoms with Crippen LogP contribution >= 0.6 is 0 Å². The third kappa shape index (κ3) is 5.76. The molecule has 1 saturated heterocycles. The monoisotopic (exact) mass is 469 g/mol. The first-order chi connectivity index (χ1) is 16.4. The zero-order valence-electron chi connectivity index (χ0n) is 19.8. The molecule has 0 spiro atoms. The van der Waals surface area contributed by atoms with Crippen LogP contribution in [0.4, 0.5) is 10.3 Å². The number of imidazole rings is 1. The van der Waals surface area contributed by atoms with Crippen molar-refractivity contribution in [3.63, 3.8) is 0 Å². The first-order valence-corrected chi connectivity index (χ1v) is 11.4. The predicted molar refractivity (Wildman–Crippen MR) is 128 cm³/mol. The molecule has 0 amide bonds. The number of aromatic nitrogens is 4. The summed E-state index contributed by atoms with van der Waals surface area (Å²) in [5, 5.41) is 3.27. The SMILES string of the molecule is CN(C)CCCNc1nccc(-c2[nH]c(C3OCC(C)(CN)CO3)nc2-c2ccc(F)cc2)n1. The average molecular weight is 470 g/mol. The van der Waals surface area contributed by atoms with Crippen molar-refractivity contribution in [2.45, 2.75) is 19.6 Å². The molecule has 2 aromatic heterocycles. The van der Waals surface area contributed by atoms with Gasteiger partial charge in [0.2, 0.25) is 12.2 Å². The molecule has 1 aromatic carbocycles. The number of hydrogen-bond donors (Lipinski definition) is 3. The topological polar surface area (TPSA) is 114 Å². The molecule has 0 radical (unpaired) electrons. The van der Waals surface area contributed by atoms with Crippen molar-refractivity contribution >= 4 is 5.95 Å². The number of anilines is 1. The van der Waals surface area contributed by atoms with E-state index in [4.69, 9.17) is 20.2 Å². The van der Waals surface area contributed by atoms with Crippen LogP contribution in [0.25, 0.3) is 22.6 Å². The van der Waals surface area contributed by atoms with Crippen LogP contribution in [0.5, 0.6) is 0 Å². The fourth-order valence-electron chi connectivity index (χ4n) is 3.60. The summed E-state index contributed by atoms with van der Waals surface area (Å²) in [6.45, 7) is 5.14. The summed E-state index contributed by atoms with van der Waals surface area (Å²) < 4.78 is 25.4. The molecule has 0 aliphatic carbocycles. The summed E-state index contributed by atoms with van der Waals surface area (Å²) in [7, 11) is 4.08. The summed E-state index contributed by atoms with van der Waals surface area (Å²) in [6, 6.07) is 8.00. The van der Waals surface area contributed by atoms with Gasteiger partial charge in [0.15, 0.2) is 5.82 Å². The Morgan fingerprint density at radius 3 is 2.59 bits per heavy atom.